The van der Waals surface area contributed by atoms with E-state index in [0.29, 0.717) is 18.5 Å². The summed E-state index contributed by atoms with van der Waals surface area (Å²) in [6.45, 7) is 8.03. The minimum atomic E-state index is 0.118. The van der Waals surface area contributed by atoms with Crippen LogP contribution in [0.5, 0.6) is 5.88 Å². The predicted molar refractivity (Wildman–Crippen MR) is 71.5 cm³/mol. The van der Waals surface area contributed by atoms with Crippen LogP contribution in [0.1, 0.15) is 19.5 Å². The van der Waals surface area contributed by atoms with E-state index in [2.05, 4.69) is 27.1 Å². The average molecular weight is 264 g/mol. The first-order chi connectivity index (χ1) is 9.24. The number of morpholine rings is 1. The van der Waals surface area contributed by atoms with Crippen molar-refractivity contribution in [3.05, 3.63) is 11.9 Å². The van der Waals surface area contributed by atoms with Crippen molar-refractivity contribution in [3.63, 3.8) is 0 Å². The summed E-state index contributed by atoms with van der Waals surface area (Å²) in [5, 5.41) is 3.30. The van der Waals surface area contributed by atoms with Gasteiger partial charge in [-0.25, -0.2) is 0 Å². The van der Waals surface area contributed by atoms with Crippen LogP contribution < -0.4 is 15.0 Å². The van der Waals surface area contributed by atoms with Crippen LogP contribution in [0.4, 0.5) is 5.82 Å². The monoisotopic (exact) mass is 264 g/mol. The highest BCUT2D eigenvalue weighted by atomic mass is 16.5. The Bertz CT molecular complexity index is 454. The molecule has 19 heavy (non-hydrogen) atoms. The summed E-state index contributed by atoms with van der Waals surface area (Å²) in [5.41, 5.74) is 0.883. The topological polar surface area (TPSA) is 59.5 Å². The number of ether oxygens (including phenoxy) is 2. The maximum absolute atomic E-state index is 5.83. The molecule has 2 aliphatic rings. The van der Waals surface area contributed by atoms with Crippen LogP contribution in [0.25, 0.3) is 0 Å². The number of hydrogen-bond acceptors (Lipinski definition) is 6. The third-order valence-electron chi connectivity index (χ3n) is 3.50. The van der Waals surface area contributed by atoms with Crippen molar-refractivity contribution in [2.45, 2.75) is 32.5 Å². The van der Waals surface area contributed by atoms with Gasteiger partial charge in [-0.1, -0.05) is 0 Å². The predicted octanol–water partition coefficient (Wildman–Crippen LogP) is 0.572. The van der Waals surface area contributed by atoms with Gasteiger partial charge in [0, 0.05) is 19.6 Å². The number of nitrogens with one attached hydrogen (secondary N) is 1. The zero-order chi connectivity index (χ0) is 13.2. The molecule has 0 bridgehead atoms. The van der Waals surface area contributed by atoms with Gasteiger partial charge >= 0.3 is 0 Å². The Balaban J connectivity index is 1.87. The largest absolute Gasteiger partial charge is 0.472 e. The van der Waals surface area contributed by atoms with E-state index in [1.165, 1.54) is 0 Å². The van der Waals surface area contributed by atoms with Crippen molar-refractivity contribution in [2.24, 2.45) is 0 Å². The van der Waals surface area contributed by atoms with Crippen LogP contribution in [-0.4, -0.2) is 48.4 Å². The highest BCUT2D eigenvalue weighted by Crippen LogP contribution is 2.23. The molecule has 0 amide bonds. The van der Waals surface area contributed by atoms with E-state index in [1.807, 2.05) is 13.1 Å². The van der Waals surface area contributed by atoms with Crippen molar-refractivity contribution in [1.29, 1.82) is 0 Å². The zero-order valence-electron chi connectivity index (χ0n) is 11.4. The normalized spacial score (nSPS) is 27.4. The van der Waals surface area contributed by atoms with E-state index in [1.54, 1.807) is 0 Å². The second kappa shape index (κ2) is 5.30. The Labute approximate surface area is 113 Å². The standard InChI is InChI=1S/C13H20N4O2/c1-9-8-18-4-3-17(9)12-7-15-11-6-14-5-10(2)19-13(11)16-12/h7,9-10,14H,3-6,8H2,1-2H3/t9-,10?/m1/s1. The van der Waals surface area contributed by atoms with Gasteiger partial charge in [-0.2, -0.15) is 4.98 Å². The van der Waals surface area contributed by atoms with E-state index in [9.17, 15) is 0 Å². The summed E-state index contributed by atoms with van der Waals surface area (Å²) in [5.74, 6) is 1.54. The van der Waals surface area contributed by atoms with Gasteiger partial charge in [-0.3, -0.25) is 4.98 Å². The quantitative estimate of drug-likeness (QED) is 0.800. The van der Waals surface area contributed by atoms with Gasteiger partial charge in [0.25, 0.3) is 0 Å². The van der Waals surface area contributed by atoms with Crippen LogP contribution in [0.2, 0.25) is 0 Å². The lowest BCUT2D eigenvalue weighted by Gasteiger charge is -2.34. The number of rotatable bonds is 1. The fourth-order valence-corrected chi connectivity index (χ4v) is 2.44. The van der Waals surface area contributed by atoms with Crippen molar-refractivity contribution >= 4 is 5.82 Å². The van der Waals surface area contributed by atoms with Gasteiger partial charge < -0.3 is 19.7 Å². The van der Waals surface area contributed by atoms with E-state index >= 15 is 0 Å². The molecule has 1 saturated heterocycles. The van der Waals surface area contributed by atoms with Gasteiger partial charge in [-0.05, 0) is 13.8 Å². The van der Waals surface area contributed by atoms with Gasteiger partial charge in [0.05, 0.1) is 25.5 Å². The molecule has 1 aromatic heterocycles. The van der Waals surface area contributed by atoms with Crippen LogP contribution in [0.15, 0.2) is 6.20 Å². The smallest absolute Gasteiger partial charge is 0.239 e. The molecule has 0 aliphatic carbocycles. The first kappa shape index (κ1) is 12.6. The summed E-state index contributed by atoms with van der Waals surface area (Å²) >= 11 is 0. The average Bonchev–Trinajstić information content (AvgIpc) is 2.59. The Morgan fingerprint density at radius 3 is 3.16 bits per heavy atom. The lowest BCUT2D eigenvalue weighted by Crippen LogP contribution is -2.44. The molecule has 2 atom stereocenters. The fourth-order valence-electron chi connectivity index (χ4n) is 2.44. The second-order valence-corrected chi connectivity index (χ2v) is 5.16. The first-order valence-electron chi connectivity index (χ1n) is 6.81. The molecule has 0 aromatic carbocycles. The van der Waals surface area contributed by atoms with Gasteiger partial charge in [-0.15, -0.1) is 0 Å². The Kier molecular flexibility index (Phi) is 3.52. The van der Waals surface area contributed by atoms with Gasteiger partial charge in [0.2, 0.25) is 5.88 Å². The van der Waals surface area contributed by atoms with Crippen LogP contribution in [0.3, 0.4) is 0 Å². The third kappa shape index (κ3) is 2.64. The van der Waals surface area contributed by atoms with E-state index in [4.69, 9.17) is 9.47 Å². The number of aromatic nitrogens is 2. The van der Waals surface area contributed by atoms with Gasteiger partial charge in [0.15, 0.2) is 5.82 Å². The zero-order valence-corrected chi connectivity index (χ0v) is 11.4. The number of fused-ring (bicyclic) bond motifs is 1. The van der Waals surface area contributed by atoms with Gasteiger partial charge in [0.1, 0.15) is 11.8 Å². The molecule has 6 nitrogen and oxygen atoms in total. The molecule has 0 spiro atoms. The SMILES string of the molecule is CC1CNCc2ncc(N3CCOC[C@H]3C)nc2O1. The molecule has 1 aromatic rings. The van der Waals surface area contributed by atoms with E-state index < -0.39 is 0 Å². The minimum Gasteiger partial charge on any atom is -0.472 e. The highest BCUT2D eigenvalue weighted by molar-refractivity contribution is 5.41. The van der Waals surface area contributed by atoms with Crippen molar-refractivity contribution < 1.29 is 9.47 Å². The molecule has 0 radical (unpaired) electrons. The molecule has 0 saturated carbocycles. The molecule has 1 unspecified atom stereocenters. The molecule has 1 N–H and O–H groups in total. The molecular weight excluding hydrogens is 244 g/mol. The van der Waals surface area contributed by atoms with E-state index in [0.717, 1.165) is 37.8 Å². The summed E-state index contributed by atoms with van der Waals surface area (Å²) < 4.78 is 11.3. The lowest BCUT2D eigenvalue weighted by molar-refractivity contribution is 0.0983. The van der Waals surface area contributed by atoms with Crippen LogP contribution in [0, 0.1) is 0 Å². The maximum Gasteiger partial charge on any atom is 0.239 e. The van der Waals surface area contributed by atoms with E-state index in [-0.39, 0.29) is 6.10 Å². The van der Waals surface area contributed by atoms with Crippen LogP contribution >= 0.6 is 0 Å². The first-order valence-corrected chi connectivity index (χ1v) is 6.81. The number of nitrogens with zero attached hydrogens (tertiary/aromatic N) is 3. The Morgan fingerprint density at radius 2 is 2.32 bits per heavy atom. The van der Waals surface area contributed by atoms with Crippen molar-refractivity contribution in [3.8, 4) is 5.88 Å². The minimum absolute atomic E-state index is 0.118. The third-order valence-corrected chi connectivity index (χ3v) is 3.50. The molecule has 1 fully saturated rings. The fraction of sp³-hybridized carbons (Fsp3) is 0.692. The number of hydrogen-bond donors (Lipinski definition) is 1. The Hall–Kier alpha value is -1.40. The Morgan fingerprint density at radius 1 is 1.42 bits per heavy atom. The molecular formula is C13H20N4O2. The van der Waals surface area contributed by atoms with Crippen molar-refractivity contribution in [2.75, 3.05) is 31.2 Å². The van der Waals surface area contributed by atoms with Crippen LogP contribution in [-0.2, 0) is 11.3 Å². The highest BCUT2D eigenvalue weighted by Gasteiger charge is 2.23. The number of anilines is 1. The summed E-state index contributed by atoms with van der Waals surface area (Å²) in [4.78, 5) is 11.4. The molecule has 6 heteroatoms. The van der Waals surface area contributed by atoms with Crippen molar-refractivity contribution in [1.82, 2.24) is 15.3 Å². The molecule has 3 rings (SSSR count). The maximum atomic E-state index is 5.83. The molecule has 3 heterocycles. The summed E-state index contributed by atoms with van der Waals surface area (Å²) in [7, 11) is 0. The molecule has 104 valence electrons. The molecule has 2 aliphatic heterocycles. The summed E-state index contributed by atoms with van der Waals surface area (Å²) in [6, 6.07) is 0.322. The second-order valence-electron chi connectivity index (χ2n) is 5.16. The summed E-state index contributed by atoms with van der Waals surface area (Å²) in [6.07, 6.45) is 1.95. The lowest BCUT2D eigenvalue weighted by atomic mass is 10.2.